The zero-order valence-electron chi connectivity index (χ0n) is 10.7. The first-order valence-corrected chi connectivity index (χ1v) is 7.49. The molecule has 0 radical (unpaired) electrons. The SMILES string of the molecule is CCn1c(C)csc1=N/N=C/c1cc(Br)ccc1O. The van der Waals surface area contributed by atoms with Crippen molar-refractivity contribution in [3.05, 3.63) is 44.1 Å². The van der Waals surface area contributed by atoms with Crippen LogP contribution in [-0.2, 0) is 6.54 Å². The van der Waals surface area contributed by atoms with E-state index in [0.717, 1.165) is 15.8 Å². The van der Waals surface area contributed by atoms with Crippen molar-refractivity contribution in [2.45, 2.75) is 20.4 Å². The maximum absolute atomic E-state index is 9.68. The molecule has 1 heterocycles. The molecule has 0 bridgehead atoms. The summed E-state index contributed by atoms with van der Waals surface area (Å²) in [6.07, 6.45) is 1.55. The van der Waals surface area contributed by atoms with Crippen LogP contribution in [0.15, 0.2) is 38.3 Å². The van der Waals surface area contributed by atoms with Gasteiger partial charge in [-0.3, -0.25) is 0 Å². The molecule has 1 N–H and O–H groups in total. The summed E-state index contributed by atoms with van der Waals surface area (Å²) >= 11 is 4.91. The highest BCUT2D eigenvalue weighted by Gasteiger charge is 1.99. The maximum atomic E-state index is 9.68. The molecule has 0 fully saturated rings. The average Bonchev–Trinajstić information content (AvgIpc) is 2.74. The lowest BCUT2D eigenvalue weighted by Crippen LogP contribution is -2.14. The first-order valence-electron chi connectivity index (χ1n) is 5.82. The summed E-state index contributed by atoms with van der Waals surface area (Å²) in [5, 5.41) is 20.0. The Balaban J connectivity index is 2.30. The number of hydrogen-bond donors (Lipinski definition) is 1. The predicted octanol–water partition coefficient (Wildman–Crippen LogP) is 3.28. The fourth-order valence-corrected chi connectivity index (χ4v) is 2.92. The van der Waals surface area contributed by atoms with Gasteiger partial charge >= 0.3 is 0 Å². The zero-order chi connectivity index (χ0) is 13.8. The van der Waals surface area contributed by atoms with Gasteiger partial charge in [-0.15, -0.1) is 16.4 Å². The van der Waals surface area contributed by atoms with Crippen molar-refractivity contribution in [1.29, 1.82) is 0 Å². The van der Waals surface area contributed by atoms with E-state index in [2.05, 4.69) is 43.0 Å². The van der Waals surface area contributed by atoms with Crippen LogP contribution < -0.4 is 4.80 Å². The van der Waals surface area contributed by atoms with Gasteiger partial charge in [0.1, 0.15) is 5.75 Å². The molecule has 0 spiro atoms. The third kappa shape index (κ3) is 3.33. The average molecular weight is 340 g/mol. The molecule has 0 atom stereocenters. The molecule has 0 saturated heterocycles. The van der Waals surface area contributed by atoms with Crippen molar-refractivity contribution in [3.8, 4) is 5.75 Å². The van der Waals surface area contributed by atoms with Gasteiger partial charge in [0.15, 0.2) is 0 Å². The van der Waals surface area contributed by atoms with Crippen molar-refractivity contribution in [2.75, 3.05) is 0 Å². The lowest BCUT2D eigenvalue weighted by molar-refractivity contribution is 0.474. The molecule has 1 aromatic heterocycles. The molecule has 2 aromatic rings. The Morgan fingerprint density at radius 1 is 1.47 bits per heavy atom. The number of halogens is 1. The second-order valence-electron chi connectivity index (χ2n) is 3.95. The van der Waals surface area contributed by atoms with Crippen LogP contribution in [-0.4, -0.2) is 15.9 Å². The molecule has 100 valence electrons. The lowest BCUT2D eigenvalue weighted by atomic mass is 10.2. The number of benzene rings is 1. The van der Waals surface area contributed by atoms with Crippen LogP contribution >= 0.6 is 27.3 Å². The van der Waals surface area contributed by atoms with Gasteiger partial charge in [0.05, 0.1) is 6.21 Å². The number of rotatable bonds is 3. The van der Waals surface area contributed by atoms with E-state index in [1.165, 1.54) is 5.69 Å². The quantitative estimate of drug-likeness (QED) is 0.677. The van der Waals surface area contributed by atoms with Crippen LogP contribution in [0.1, 0.15) is 18.2 Å². The molecule has 19 heavy (non-hydrogen) atoms. The van der Waals surface area contributed by atoms with Gasteiger partial charge in [-0.1, -0.05) is 15.9 Å². The van der Waals surface area contributed by atoms with Crippen LogP contribution in [0.5, 0.6) is 5.75 Å². The molecule has 0 aliphatic rings. The van der Waals surface area contributed by atoms with Crippen LogP contribution in [0, 0.1) is 6.92 Å². The number of aromatic hydroxyl groups is 1. The summed E-state index contributed by atoms with van der Waals surface area (Å²) < 4.78 is 2.98. The summed E-state index contributed by atoms with van der Waals surface area (Å²) in [4.78, 5) is 0.853. The van der Waals surface area contributed by atoms with E-state index < -0.39 is 0 Å². The summed E-state index contributed by atoms with van der Waals surface area (Å²) in [5.41, 5.74) is 1.81. The zero-order valence-corrected chi connectivity index (χ0v) is 13.1. The minimum atomic E-state index is 0.188. The van der Waals surface area contributed by atoms with Gasteiger partial charge in [-0.05, 0) is 32.0 Å². The Bertz CT molecular complexity index is 673. The lowest BCUT2D eigenvalue weighted by Gasteiger charge is -1.99. The summed E-state index contributed by atoms with van der Waals surface area (Å²) in [6.45, 7) is 4.98. The summed E-state index contributed by atoms with van der Waals surface area (Å²) in [7, 11) is 0. The van der Waals surface area contributed by atoms with Crippen molar-refractivity contribution in [3.63, 3.8) is 0 Å². The van der Waals surface area contributed by atoms with Crippen LogP contribution in [0.3, 0.4) is 0 Å². The Kier molecular flexibility index (Phi) is 4.55. The van der Waals surface area contributed by atoms with Gasteiger partial charge in [-0.2, -0.15) is 5.10 Å². The van der Waals surface area contributed by atoms with Gasteiger partial charge in [0.25, 0.3) is 0 Å². The molecule has 4 nitrogen and oxygen atoms in total. The normalized spacial score (nSPS) is 12.5. The molecule has 0 saturated carbocycles. The van der Waals surface area contributed by atoms with Crippen LogP contribution in [0.25, 0.3) is 0 Å². The number of phenols is 1. The highest BCUT2D eigenvalue weighted by atomic mass is 79.9. The Labute approximate surface area is 123 Å². The highest BCUT2D eigenvalue weighted by Crippen LogP contribution is 2.19. The van der Waals surface area contributed by atoms with E-state index in [1.54, 1.807) is 35.8 Å². The van der Waals surface area contributed by atoms with Crippen molar-refractivity contribution in [1.82, 2.24) is 4.57 Å². The summed E-state index contributed by atoms with van der Waals surface area (Å²) in [6, 6.07) is 5.19. The van der Waals surface area contributed by atoms with Crippen molar-refractivity contribution in [2.24, 2.45) is 10.2 Å². The third-order valence-electron chi connectivity index (χ3n) is 2.64. The molecular formula is C13H14BrN3OS. The third-order valence-corrected chi connectivity index (χ3v) is 4.10. The number of thiazole rings is 1. The first-order chi connectivity index (χ1) is 9.11. The molecule has 1 aromatic carbocycles. The van der Waals surface area contributed by atoms with E-state index in [4.69, 9.17) is 0 Å². The van der Waals surface area contributed by atoms with Gasteiger partial charge in [0, 0.05) is 27.7 Å². The van der Waals surface area contributed by atoms with E-state index >= 15 is 0 Å². The molecule has 0 aliphatic heterocycles. The molecule has 0 amide bonds. The van der Waals surface area contributed by atoms with Gasteiger partial charge < -0.3 is 9.67 Å². The molecular weight excluding hydrogens is 326 g/mol. The van der Waals surface area contributed by atoms with Crippen molar-refractivity contribution >= 4 is 33.5 Å². The van der Waals surface area contributed by atoms with E-state index in [9.17, 15) is 5.11 Å². The minimum Gasteiger partial charge on any atom is -0.507 e. The smallest absolute Gasteiger partial charge is 0.210 e. The molecule has 0 aliphatic carbocycles. The Morgan fingerprint density at radius 2 is 2.26 bits per heavy atom. The van der Waals surface area contributed by atoms with E-state index in [1.807, 2.05) is 6.92 Å². The van der Waals surface area contributed by atoms with E-state index in [0.29, 0.717) is 5.56 Å². The number of aryl methyl sites for hydroxylation is 1. The number of phenolic OH excluding ortho intramolecular Hbond substituents is 1. The second kappa shape index (κ2) is 6.16. The first kappa shape index (κ1) is 14.0. The number of aromatic nitrogens is 1. The minimum absolute atomic E-state index is 0.188. The number of nitrogens with zero attached hydrogens (tertiary/aromatic N) is 3. The molecule has 2 rings (SSSR count). The molecule has 0 unspecified atom stereocenters. The van der Waals surface area contributed by atoms with Crippen LogP contribution in [0.4, 0.5) is 0 Å². The maximum Gasteiger partial charge on any atom is 0.210 e. The van der Waals surface area contributed by atoms with Gasteiger partial charge in [0.2, 0.25) is 4.80 Å². The topological polar surface area (TPSA) is 49.9 Å². The van der Waals surface area contributed by atoms with E-state index in [-0.39, 0.29) is 5.75 Å². The monoisotopic (exact) mass is 339 g/mol. The molecule has 6 heteroatoms. The fourth-order valence-electron chi connectivity index (χ4n) is 1.65. The highest BCUT2D eigenvalue weighted by molar-refractivity contribution is 9.10. The number of hydrogen-bond acceptors (Lipinski definition) is 4. The second-order valence-corrected chi connectivity index (χ2v) is 5.70. The summed E-state index contributed by atoms with van der Waals surface area (Å²) in [5.74, 6) is 0.188. The standard InChI is InChI=1S/C13H14BrN3OS/c1-3-17-9(2)8-19-13(17)16-15-7-10-6-11(14)4-5-12(10)18/h4-8,18H,3H2,1-2H3/b15-7+,16-13?. The van der Waals surface area contributed by atoms with Gasteiger partial charge in [-0.25, -0.2) is 0 Å². The van der Waals surface area contributed by atoms with Crippen LogP contribution in [0.2, 0.25) is 0 Å². The fraction of sp³-hybridized carbons (Fsp3) is 0.231. The van der Waals surface area contributed by atoms with Crippen molar-refractivity contribution < 1.29 is 5.11 Å². The Morgan fingerprint density at radius 3 is 3.00 bits per heavy atom. The largest absolute Gasteiger partial charge is 0.507 e. The Hall–Kier alpha value is -1.40. The predicted molar refractivity (Wildman–Crippen MR) is 81.7 cm³/mol.